The summed E-state index contributed by atoms with van der Waals surface area (Å²) < 4.78 is 0. The maximum absolute atomic E-state index is 11.0. The van der Waals surface area contributed by atoms with E-state index < -0.39 is 0 Å². The predicted octanol–water partition coefficient (Wildman–Crippen LogP) is 2.07. The van der Waals surface area contributed by atoms with Gasteiger partial charge in [-0.05, 0) is 13.3 Å². The van der Waals surface area contributed by atoms with Crippen molar-refractivity contribution >= 4 is 5.78 Å². The van der Waals surface area contributed by atoms with Crippen molar-refractivity contribution < 1.29 is 4.79 Å². The van der Waals surface area contributed by atoms with Crippen LogP contribution in [0.5, 0.6) is 0 Å². The van der Waals surface area contributed by atoms with Gasteiger partial charge in [-0.2, -0.15) is 0 Å². The number of Topliss-reactive ketones (excluding diaryl/α,β-unsaturated/α-hetero) is 1. The predicted molar refractivity (Wildman–Crippen MR) is 39.0 cm³/mol. The first-order valence-electron chi connectivity index (χ1n) is 3.46. The normalized spacial score (nSPS) is 13.9. The Morgan fingerprint density at radius 2 is 2.00 bits per heavy atom. The first kappa shape index (κ1) is 8.67. The second-order valence-electron chi connectivity index (χ2n) is 2.61. The molecule has 0 saturated heterocycles. The van der Waals surface area contributed by atoms with Gasteiger partial charge in [-0.15, -0.1) is 0 Å². The summed E-state index contributed by atoms with van der Waals surface area (Å²) in [5.41, 5.74) is 0. The molecular formula is C8H15O. The molecule has 1 radical (unpaired) electrons. The standard InChI is InChI=1S/C8H15O/c1-5-7(4)8(9)6(2)3/h6-7H,2,5H2,1,3-4H3. The molecule has 0 spiro atoms. The van der Waals surface area contributed by atoms with E-state index in [1.54, 1.807) is 0 Å². The molecule has 0 fully saturated rings. The third-order valence-corrected chi connectivity index (χ3v) is 1.58. The Hall–Kier alpha value is -0.330. The lowest BCUT2D eigenvalue weighted by molar-refractivity contribution is -0.124. The molecule has 0 rings (SSSR count). The number of hydrogen-bond donors (Lipinski definition) is 0. The monoisotopic (exact) mass is 127 g/mol. The topological polar surface area (TPSA) is 17.1 Å². The van der Waals surface area contributed by atoms with Gasteiger partial charge >= 0.3 is 0 Å². The molecule has 0 heterocycles. The lowest BCUT2D eigenvalue weighted by Gasteiger charge is -2.08. The number of rotatable bonds is 3. The fourth-order valence-electron chi connectivity index (χ4n) is 0.687. The number of hydrogen-bond acceptors (Lipinski definition) is 1. The Labute approximate surface area is 57.5 Å². The molecule has 0 N–H and O–H groups in total. The van der Waals surface area contributed by atoms with Crippen molar-refractivity contribution in [3.8, 4) is 0 Å². The zero-order valence-electron chi connectivity index (χ0n) is 6.48. The van der Waals surface area contributed by atoms with Crippen molar-refractivity contribution in [1.82, 2.24) is 0 Å². The van der Waals surface area contributed by atoms with E-state index >= 15 is 0 Å². The van der Waals surface area contributed by atoms with Crippen molar-refractivity contribution in [3.05, 3.63) is 6.92 Å². The summed E-state index contributed by atoms with van der Waals surface area (Å²) in [6.45, 7) is 9.47. The Morgan fingerprint density at radius 1 is 1.56 bits per heavy atom. The van der Waals surface area contributed by atoms with Crippen LogP contribution in [0.3, 0.4) is 0 Å². The highest BCUT2D eigenvalue weighted by Crippen LogP contribution is 2.08. The van der Waals surface area contributed by atoms with Crippen molar-refractivity contribution in [2.24, 2.45) is 11.8 Å². The molecule has 1 nitrogen and oxygen atoms in total. The first-order chi connectivity index (χ1) is 4.09. The molecular weight excluding hydrogens is 112 g/mol. The van der Waals surface area contributed by atoms with Crippen LogP contribution in [0.4, 0.5) is 0 Å². The molecule has 0 aromatic heterocycles. The van der Waals surface area contributed by atoms with Gasteiger partial charge in [0.25, 0.3) is 0 Å². The average molecular weight is 127 g/mol. The maximum atomic E-state index is 11.0. The quantitative estimate of drug-likeness (QED) is 0.567. The molecule has 9 heavy (non-hydrogen) atoms. The summed E-state index contributed by atoms with van der Waals surface area (Å²) >= 11 is 0. The summed E-state index contributed by atoms with van der Waals surface area (Å²) in [7, 11) is 0. The maximum Gasteiger partial charge on any atom is 0.138 e. The molecule has 0 bridgehead atoms. The van der Waals surface area contributed by atoms with E-state index in [4.69, 9.17) is 0 Å². The SMILES string of the molecule is [CH2]C(C)C(=O)C(C)CC. The van der Waals surface area contributed by atoms with Gasteiger partial charge in [0.15, 0.2) is 0 Å². The van der Waals surface area contributed by atoms with Gasteiger partial charge in [0.2, 0.25) is 0 Å². The molecule has 0 amide bonds. The third kappa shape index (κ3) is 2.64. The fraction of sp³-hybridized carbons (Fsp3) is 0.750. The van der Waals surface area contributed by atoms with Crippen molar-refractivity contribution in [2.45, 2.75) is 27.2 Å². The highest BCUT2D eigenvalue weighted by molar-refractivity contribution is 5.83. The fourth-order valence-corrected chi connectivity index (χ4v) is 0.687. The Balaban J connectivity index is 3.73. The summed E-state index contributed by atoms with van der Waals surface area (Å²) in [5, 5.41) is 0. The minimum Gasteiger partial charge on any atom is -0.299 e. The second kappa shape index (κ2) is 3.65. The molecule has 2 atom stereocenters. The van der Waals surface area contributed by atoms with E-state index in [-0.39, 0.29) is 17.6 Å². The second-order valence-corrected chi connectivity index (χ2v) is 2.61. The average Bonchev–Trinajstić information content (AvgIpc) is 1.84. The van der Waals surface area contributed by atoms with E-state index in [2.05, 4.69) is 6.92 Å². The molecule has 0 aliphatic rings. The van der Waals surface area contributed by atoms with Gasteiger partial charge in [0, 0.05) is 11.8 Å². The van der Waals surface area contributed by atoms with E-state index in [9.17, 15) is 4.79 Å². The zero-order chi connectivity index (χ0) is 7.44. The molecule has 0 aromatic rings. The summed E-state index contributed by atoms with van der Waals surface area (Å²) in [5.74, 6) is 0.426. The summed E-state index contributed by atoms with van der Waals surface area (Å²) in [6, 6.07) is 0. The van der Waals surface area contributed by atoms with Crippen LogP contribution < -0.4 is 0 Å². The van der Waals surface area contributed by atoms with Gasteiger partial charge in [-0.25, -0.2) is 0 Å². The Morgan fingerprint density at radius 3 is 2.11 bits per heavy atom. The van der Waals surface area contributed by atoms with E-state index in [0.29, 0.717) is 0 Å². The van der Waals surface area contributed by atoms with E-state index in [0.717, 1.165) is 6.42 Å². The Bertz CT molecular complexity index is 94.7. The molecule has 0 aromatic carbocycles. The largest absolute Gasteiger partial charge is 0.299 e. The summed E-state index contributed by atoms with van der Waals surface area (Å²) in [4.78, 5) is 11.0. The van der Waals surface area contributed by atoms with Gasteiger partial charge in [0.1, 0.15) is 5.78 Å². The Kier molecular flexibility index (Phi) is 3.52. The lowest BCUT2D eigenvalue weighted by Crippen LogP contribution is -2.15. The van der Waals surface area contributed by atoms with E-state index in [1.165, 1.54) is 0 Å². The highest BCUT2D eigenvalue weighted by atomic mass is 16.1. The number of ketones is 1. The van der Waals surface area contributed by atoms with Crippen LogP contribution in [-0.4, -0.2) is 5.78 Å². The van der Waals surface area contributed by atoms with Crippen LogP contribution in [0.2, 0.25) is 0 Å². The molecule has 53 valence electrons. The molecule has 1 heteroatoms. The van der Waals surface area contributed by atoms with Crippen molar-refractivity contribution in [1.29, 1.82) is 0 Å². The minimum absolute atomic E-state index is 0.0417. The van der Waals surface area contributed by atoms with Crippen LogP contribution in [-0.2, 0) is 4.79 Å². The highest BCUT2D eigenvalue weighted by Gasteiger charge is 2.13. The van der Waals surface area contributed by atoms with Crippen LogP contribution >= 0.6 is 0 Å². The van der Waals surface area contributed by atoms with Gasteiger partial charge in [0.05, 0.1) is 0 Å². The molecule has 0 aliphatic carbocycles. The number of carbonyl (C=O) groups is 1. The van der Waals surface area contributed by atoms with E-state index in [1.807, 2.05) is 20.8 Å². The smallest absolute Gasteiger partial charge is 0.138 e. The van der Waals surface area contributed by atoms with Gasteiger partial charge in [-0.1, -0.05) is 20.8 Å². The molecule has 0 saturated carbocycles. The first-order valence-corrected chi connectivity index (χ1v) is 3.46. The van der Waals surface area contributed by atoms with Crippen molar-refractivity contribution in [3.63, 3.8) is 0 Å². The van der Waals surface area contributed by atoms with Gasteiger partial charge in [-0.3, -0.25) is 4.79 Å². The minimum atomic E-state index is -0.0417. The zero-order valence-corrected chi connectivity index (χ0v) is 6.48. The van der Waals surface area contributed by atoms with Gasteiger partial charge < -0.3 is 0 Å². The number of carbonyl (C=O) groups excluding carboxylic acids is 1. The van der Waals surface area contributed by atoms with Crippen LogP contribution in [0.15, 0.2) is 0 Å². The van der Waals surface area contributed by atoms with Crippen molar-refractivity contribution in [2.75, 3.05) is 0 Å². The lowest BCUT2D eigenvalue weighted by atomic mass is 9.95. The van der Waals surface area contributed by atoms with Crippen LogP contribution in [0.25, 0.3) is 0 Å². The van der Waals surface area contributed by atoms with Crippen LogP contribution in [0.1, 0.15) is 27.2 Å². The third-order valence-electron chi connectivity index (χ3n) is 1.58. The summed E-state index contributed by atoms with van der Waals surface area (Å²) in [6.07, 6.45) is 0.929. The molecule has 2 unspecified atom stereocenters. The van der Waals surface area contributed by atoms with Crippen LogP contribution in [0, 0.1) is 18.8 Å². The molecule has 0 aliphatic heterocycles.